The summed E-state index contributed by atoms with van der Waals surface area (Å²) in [6, 6.07) is 2.53. The molecule has 0 N–H and O–H groups in total. The molecule has 0 amide bonds. The minimum absolute atomic E-state index is 0.180. The fourth-order valence-electron chi connectivity index (χ4n) is 2.35. The Hall–Kier alpha value is -0.333. The Balaban J connectivity index is 2.84. The Morgan fingerprint density at radius 3 is 1.83 bits per heavy atom. The van der Waals surface area contributed by atoms with Crippen LogP contribution in [0, 0.1) is 11.3 Å². The van der Waals surface area contributed by atoms with E-state index in [-0.39, 0.29) is 5.04 Å². The first-order chi connectivity index (χ1) is 8.22. The van der Waals surface area contributed by atoms with E-state index >= 15 is 0 Å². The maximum atomic E-state index is 9.63. The van der Waals surface area contributed by atoms with Crippen LogP contribution in [0.25, 0.3) is 0 Å². The molecule has 0 radical (unpaired) electrons. The summed E-state index contributed by atoms with van der Waals surface area (Å²) in [6.45, 7) is 11.2. The van der Waals surface area contributed by atoms with Gasteiger partial charge in [0.2, 0.25) is 0 Å². The van der Waals surface area contributed by atoms with Crippen molar-refractivity contribution in [3.05, 3.63) is 0 Å². The third kappa shape index (κ3) is 3.83. The van der Waals surface area contributed by atoms with E-state index in [0.717, 1.165) is 25.7 Å². The standard InChI is InChI=1S/C15H29NOSi/c1-14(2,3)18(4,5)17-15(13-16)11-9-7-6-8-10-12-15/h6-12H2,1-5H3. The highest BCUT2D eigenvalue weighted by atomic mass is 28.4. The molecule has 0 unspecified atom stereocenters. The van der Waals surface area contributed by atoms with E-state index in [2.05, 4.69) is 39.9 Å². The molecule has 1 rings (SSSR count). The van der Waals surface area contributed by atoms with Crippen LogP contribution in [0.15, 0.2) is 0 Å². The van der Waals surface area contributed by atoms with E-state index in [1.807, 2.05) is 0 Å². The monoisotopic (exact) mass is 267 g/mol. The maximum Gasteiger partial charge on any atom is 0.194 e. The molecule has 2 nitrogen and oxygen atoms in total. The molecule has 18 heavy (non-hydrogen) atoms. The number of nitrogens with zero attached hydrogens (tertiary/aromatic N) is 1. The summed E-state index contributed by atoms with van der Waals surface area (Å²) < 4.78 is 6.49. The molecule has 1 aliphatic carbocycles. The van der Waals surface area contributed by atoms with E-state index in [0.29, 0.717) is 0 Å². The number of nitriles is 1. The molecule has 1 fully saturated rings. The van der Waals surface area contributed by atoms with Crippen LogP contribution in [-0.4, -0.2) is 13.9 Å². The molecule has 104 valence electrons. The topological polar surface area (TPSA) is 33.0 Å². The summed E-state index contributed by atoms with van der Waals surface area (Å²) in [7, 11) is -1.85. The summed E-state index contributed by atoms with van der Waals surface area (Å²) in [4.78, 5) is 0. The number of rotatable bonds is 2. The van der Waals surface area contributed by atoms with Gasteiger partial charge in [0.15, 0.2) is 8.32 Å². The lowest BCUT2D eigenvalue weighted by Gasteiger charge is -2.43. The summed E-state index contributed by atoms with van der Waals surface area (Å²) >= 11 is 0. The van der Waals surface area contributed by atoms with Crippen LogP contribution >= 0.6 is 0 Å². The zero-order chi connectivity index (χ0) is 13.9. The number of hydrogen-bond acceptors (Lipinski definition) is 2. The van der Waals surface area contributed by atoms with Crippen molar-refractivity contribution in [1.82, 2.24) is 0 Å². The van der Waals surface area contributed by atoms with Gasteiger partial charge in [0.25, 0.3) is 0 Å². The molecular formula is C15H29NOSi. The van der Waals surface area contributed by atoms with Crippen LogP contribution in [0.3, 0.4) is 0 Å². The van der Waals surface area contributed by atoms with Crippen molar-refractivity contribution in [1.29, 1.82) is 5.26 Å². The van der Waals surface area contributed by atoms with Gasteiger partial charge in [-0.2, -0.15) is 5.26 Å². The van der Waals surface area contributed by atoms with Crippen molar-refractivity contribution in [3.63, 3.8) is 0 Å². The summed E-state index contributed by atoms with van der Waals surface area (Å²) in [5.41, 5.74) is -0.497. The van der Waals surface area contributed by atoms with Crippen LogP contribution in [0.1, 0.15) is 65.7 Å². The van der Waals surface area contributed by atoms with Gasteiger partial charge >= 0.3 is 0 Å². The molecule has 0 heterocycles. The predicted octanol–water partition coefficient (Wildman–Crippen LogP) is 5.01. The van der Waals surface area contributed by atoms with Gasteiger partial charge in [-0.3, -0.25) is 0 Å². The van der Waals surface area contributed by atoms with Crippen molar-refractivity contribution in [2.45, 2.75) is 89.5 Å². The van der Waals surface area contributed by atoms with E-state index in [1.54, 1.807) is 0 Å². The Kier molecular flexibility index (Phi) is 5.03. The zero-order valence-corrected chi connectivity index (χ0v) is 13.8. The van der Waals surface area contributed by atoms with Crippen LogP contribution in [0.2, 0.25) is 18.1 Å². The normalized spacial score (nSPS) is 21.8. The van der Waals surface area contributed by atoms with Gasteiger partial charge < -0.3 is 4.43 Å². The molecule has 1 aliphatic rings. The third-order valence-corrected chi connectivity index (χ3v) is 9.14. The van der Waals surface area contributed by atoms with E-state index in [9.17, 15) is 5.26 Å². The van der Waals surface area contributed by atoms with Gasteiger partial charge in [0.1, 0.15) is 5.60 Å². The van der Waals surface area contributed by atoms with E-state index in [4.69, 9.17) is 4.43 Å². The molecule has 0 saturated heterocycles. The lowest BCUT2D eigenvalue weighted by Crippen LogP contribution is -2.49. The van der Waals surface area contributed by atoms with Gasteiger partial charge in [-0.25, -0.2) is 0 Å². The Labute approximate surface area is 114 Å². The van der Waals surface area contributed by atoms with Crippen molar-refractivity contribution < 1.29 is 4.43 Å². The highest BCUT2D eigenvalue weighted by Crippen LogP contribution is 2.42. The first-order valence-electron chi connectivity index (χ1n) is 7.34. The largest absolute Gasteiger partial charge is 0.399 e. The van der Waals surface area contributed by atoms with Crippen molar-refractivity contribution in [2.75, 3.05) is 0 Å². The second kappa shape index (κ2) is 5.75. The molecule has 0 spiro atoms. The molecule has 0 aromatic carbocycles. The highest BCUT2D eigenvalue weighted by molar-refractivity contribution is 6.74. The second-order valence-electron chi connectivity index (χ2n) is 7.24. The van der Waals surface area contributed by atoms with Crippen LogP contribution in [0.5, 0.6) is 0 Å². The van der Waals surface area contributed by atoms with Crippen molar-refractivity contribution in [2.24, 2.45) is 0 Å². The van der Waals surface area contributed by atoms with Gasteiger partial charge in [0, 0.05) is 0 Å². The van der Waals surface area contributed by atoms with Crippen molar-refractivity contribution >= 4 is 8.32 Å². The molecule has 0 aromatic rings. The summed E-state index contributed by atoms with van der Waals surface area (Å²) in [5.74, 6) is 0. The fraction of sp³-hybridized carbons (Fsp3) is 0.933. The SMILES string of the molecule is CC(C)(C)[Si](C)(C)OC1(C#N)CCCCCCC1. The quantitative estimate of drug-likeness (QED) is 0.658. The first-order valence-corrected chi connectivity index (χ1v) is 10.2. The average Bonchev–Trinajstić information content (AvgIpc) is 2.20. The second-order valence-corrected chi connectivity index (χ2v) is 12.0. The van der Waals surface area contributed by atoms with Crippen LogP contribution < -0.4 is 0 Å². The van der Waals surface area contributed by atoms with Gasteiger partial charge in [-0.1, -0.05) is 40.0 Å². The highest BCUT2D eigenvalue weighted by Gasteiger charge is 2.44. The predicted molar refractivity (Wildman–Crippen MR) is 78.9 cm³/mol. The fourth-order valence-corrected chi connectivity index (χ4v) is 3.89. The molecular weight excluding hydrogens is 238 g/mol. The molecule has 1 saturated carbocycles. The van der Waals surface area contributed by atoms with Crippen LogP contribution in [0.4, 0.5) is 0 Å². The van der Waals surface area contributed by atoms with Gasteiger partial charge in [0.05, 0.1) is 6.07 Å². The lowest BCUT2D eigenvalue weighted by atomic mass is 9.88. The molecule has 0 aliphatic heterocycles. The smallest absolute Gasteiger partial charge is 0.194 e. The Morgan fingerprint density at radius 2 is 1.44 bits per heavy atom. The average molecular weight is 267 g/mol. The van der Waals surface area contributed by atoms with Gasteiger partial charge in [-0.15, -0.1) is 0 Å². The van der Waals surface area contributed by atoms with E-state index in [1.165, 1.54) is 19.3 Å². The summed E-state index contributed by atoms with van der Waals surface area (Å²) in [5, 5.41) is 9.81. The zero-order valence-electron chi connectivity index (χ0n) is 12.8. The molecule has 0 aromatic heterocycles. The third-order valence-electron chi connectivity index (χ3n) is 4.62. The minimum Gasteiger partial charge on any atom is -0.399 e. The molecule has 0 bridgehead atoms. The van der Waals surface area contributed by atoms with Crippen LogP contribution in [-0.2, 0) is 4.43 Å². The van der Waals surface area contributed by atoms with Crippen molar-refractivity contribution in [3.8, 4) is 6.07 Å². The van der Waals surface area contributed by atoms with Gasteiger partial charge in [-0.05, 0) is 43.8 Å². The Morgan fingerprint density at radius 1 is 1.00 bits per heavy atom. The molecule has 3 heteroatoms. The number of hydrogen-bond donors (Lipinski definition) is 0. The minimum atomic E-state index is -1.85. The molecule has 0 atom stereocenters. The lowest BCUT2D eigenvalue weighted by molar-refractivity contribution is 0.0803. The summed E-state index contributed by atoms with van der Waals surface area (Å²) in [6.07, 6.45) is 7.96. The first kappa shape index (κ1) is 15.7. The Bertz CT molecular complexity index is 303. The van der Waals surface area contributed by atoms with E-state index < -0.39 is 13.9 Å². The maximum absolute atomic E-state index is 9.63.